The Bertz CT molecular complexity index is 760. The van der Waals surface area contributed by atoms with E-state index in [1.54, 1.807) is 17.9 Å². The van der Waals surface area contributed by atoms with E-state index in [0.717, 1.165) is 17.7 Å². The second-order valence-electron chi connectivity index (χ2n) is 5.54. The monoisotopic (exact) mass is 312 g/mol. The van der Waals surface area contributed by atoms with Crippen molar-refractivity contribution in [2.24, 2.45) is 0 Å². The first kappa shape index (κ1) is 15.2. The molecule has 3 rings (SSSR count). The van der Waals surface area contributed by atoms with E-state index in [9.17, 15) is 14.0 Å². The number of carbonyl (C=O) groups is 2. The van der Waals surface area contributed by atoms with Gasteiger partial charge < -0.3 is 10.2 Å². The molecule has 1 N–H and O–H groups in total. The number of amides is 2. The van der Waals surface area contributed by atoms with E-state index in [-0.39, 0.29) is 11.5 Å². The van der Waals surface area contributed by atoms with Gasteiger partial charge in [-0.05, 0) is 37.1 Å². The van der Waals surface area contributed by atoms with Crippen LogP contribution in [-0.4, -0.2) is 24.4 Å². The average Bonchev–Trinajstić information content (AvgIpc) is 2.98. The Hall–Kier alpha value is -2.69. The number of fused-ring (bicyclic) bond motifs is 1. The van der Waals surface area contributed by atoms with Gasteiger partial charge in [0.2, 0.25) is 5.91 Å². The van der Waals surface area contributed by atoms with Crippen LogP contribution >= 0.6 is 0 Å². The number of benzene rings is 2. The normalized spacial score (nSPS) is 14.3. The van der Waals surface area contributed by atoms with Crippen molar-refractivity contribution in [1.29, 1.82) is 0 Å². The van der Waals surface area contributed by atoms with E-state index in [4.69, 9.17) is 0 Å². The molecule has 0 spiro atoms. The molecule has 1 aliphatic rings. The number of hydrogen-bond donors (Lipinski definition) is 1. The smallest absolute Gasteiger partial charge is 0.254 e. The number of para-hydroxylation sites is 1. The van der Waals surface area contributed by atoms with Gasteiger partial charge in [-0.3, -0.25) is 9.59 Å². The van der Waals surface area contributed by atoms with E-state index >= 15 is 0 Å². The van der Waals surface area contributed by atoms with Crippen molar-refractivity contribution in [3.63, 3.8) is 0 Å². The highest BCUT2D eigenvalue weighted by atomic mass is 19.1. The Morgan fingerprint density at radius 2 is 1.83 bits per heavy atom. The van der Waals surface area contributed by atoms with Crippen LogP contribution in [0.5, 0.6) is 0 Å². The third kappa shape index (κ3) is 2.95. The number of rotatable bonds is 3. The second kappa shape index (κ2) is 6.20. The largest absolute Gasteiger partial charge is 0.340 e. The molecule has 0 fully saturated rings. The van der Waals surface area contributed by atoms with Gasteiger partial charge in [0.15, 0.2) is 0 Å². The van der Waals surface area contributed by atoms with Gasteiger partial charge in [0.1, 0.15) is 11.9 Å². The number of hydrogen-bond acceptors (Lipinski definition) is 2. The molecule has 0 aromatic heterocycles. The molecule has 0 saturated carbocycles. The van der Waals surface area contributed by atoms with Crippen LogP contribution in [0.2, 0.25) is 0 Å². The van der Waals surface area contributed by atoms with E-state index in [2.05, 4.69) is 5.32 Å². The quantitative estimate of drug-likeness (QED) is 0.947. The maximum atomic E-state index is 13.6. The summed E-state index contributed by atoms with van der Waals surface area (Å²) in [5, 5.41) is 2.57. The molecule has 1 heterocycles. The number of nitrogens with one attached hydrogen (secondary N) is 1. The fraction of sp³-hybridized carbons (Fsp3) is 0.222. The average molecular weight is 312 g/mol. The molecule has 118 valence electrons. The molecule has 5 heteroatoms. The van der Waals surface area contributed by atoms with Crippen LogP contribution < -0.4 is 10.2 Å². The van der Waals surface area contributed by atoms with Crippen molar-refractivity contribution in [2.75, 3.05) is 11.4 Å². The van der Waals surface area contributed by atoms with Crippen molar-refractivity contribution in [2.45, 2.75) is 19.4 Å². The zero-order valence-corrected chi connectivity index (χ0v) is 12.8. The summed E-state index contributed by atoms with van der Waals surface area (Å²) < 4.78 is 13.6. The maximum absolute atomic E-state index is 13.6. The van der Waals surface area contributed by atoms with Gasteiger partial charge in [0, 0.05) is 12.2 Å². The molecule has 0 aliphatic carbocycles. The topological polar surface area (TPSA) is 49.4 Å². The Kier molecular flexibility index (Phi) is 4.10. The lowest BCUT2D eigenvalue weighted by molar-refractivity contribution is -0.119. The van der Waals surface area contributed by atoms with E-state index in [0.29, 0.717) is 6.54 Å². The summed E-state index contributed by atoms with van der Waals surface area (Å²) in [6.45, 7) is 2.21. The van der Waals surface area contributed by atoms with Gasteiger partial charge in [-0.2, -0.15) is 0 Å². The molecule has 0 radical (unpaired) electrons. The molecular formula is C18H17FN2O2. The molecular weight excluding hydrogens is 295 g/mol. The zero-order valence-electron chi connectivity index (χ0n) is 12.8. The van der Waals surface area contributed by atoms with Crippen molar-refractivity contribution in [1.82, 2.24) is 5.32 Å². The summed E-state index contributed by atoms with van der Waals surface area (Å²) in [5.41, 5.74) is 1.94. The minimum Gasteiger partial charge on any atom is -0.340 e. The second-order valence-corrected chi connectivity index (χ2v) is 5.54. The van der Waals surface area contributed by atoms with Gasteiger partial charge >= 0.3 is 0 Å². The Balaban J connectivity index is 1.72. The molecule has 1 aliphatic heterocycles. The lowest BCUT2D eigenvalue weighted by atomic mass is 10.1. The number of anilines is 1. The molecule has 2 amide bonds. The lowest BCUT2D eigenvalue weighted by Gasteiger charge is -2.22. The van der Waals surface area contributed by atoms with Crippen LogP contribution in [0.15, 0.2) is 48.5 Å². The maximum Gasteiger partial charge on any atom is 0.254 e. The number of nitrogens with zero attached hydrogens (tertiary/aromatic N) is 1. The van der Waals surface area contributed by atoms with Gasteiger partial charge in [-0.15, -0.1) is 0 Å². The predicted octanol–water partition coefficient (Wildman–Crippen LogP) is 2.53. The first-order valence-corrected chi connectivity index (χ1v) is 7.52. The van der Waals surface area contributed by atoms with Crippen LogP contribution in [0.1, 0.15) is 22.8 Å². The van der Waals surface area contributed by atoms with Crippen molar-refractivity contribution < 1.29 is 14.0 Å². The van der Waals surface area contributed by atoms with Crippen LogP contribution in [0.25, 0.3) is 0 Å². The highest BCUT2D eigenvalue weighted by Gasteiger charge is 2.28. The van der Waals surface area contributed by atoms with Gasteiger partial charge in [0.05, 0.1) is 5.56 Å². The third-order valence-corrected chi connectivity index (χ3v) is 3.99. The molecule has 0 saturated heterocycles. The molecule has 2 aromatic carbocycles. The van der Waals surface area contributed by atoms with Gasteiger partial charge in [-0.1, -0.05) is 30.3 Å². The fourth-order valence-corrected chi connectivity index (χ4v) is 2.78. The van der Waals surface area contributed by atoms with E-state index in [1.807, 2.05) is 24.3 Å². The standard InChI is InChI=1S/C18H17FN2O2/c1-12(20-17(22)14-7-3-4-8-15(14)19)18(23)21-11-10-13-6-2-5-9-16(13)21/h2-9,12H,10-11H2,1H3,(H,20,22)/t12-/m1/s1. The fourth-order valence-electron chi connectivity index (χ4n) is 2.78. The number of halogens is 1. The molecule has 4 nitrogen and oxygen atoms in total. The molecule has 0 unspecified atom stereocenters. The summed E-state index contributed by atoms with van der Waals surface area (Å²) in [6, 6.07) is 12.7. The van der Waals surface area contributed by atoms with E-state index < -0.39 is 17.8 Å². The summed E-state index contributed by atoms with van der Waals surface area (Å²) in [6.07, 6.45) is 0.801. The minimum atomic E-state index is -0.728. The summed E-state index contributed by atoms with van der Waals surface area (Å²) >= 11 is 0. The van der Waals surface area contributed by atoms with Crippen molar-refractivity contribution in [3.8, 4) is 0 Å². The van der Waals surface area contributed by atoms with Crippen molar-refractivity contribution >= 4 is 17.5 Å². The first-order valence-electron chi connectivity index (χ1n) is 7.52. The first-order chi connectivity index (χ1) is 11.1. The predicted molar refractivity (Wildman–Crippen MR) is 85.8 cm³/mol. The zero-order chi connectivity index (χ0) is 16.4. The molecule has 0 bridgehead atoms. The highest BCUT2D eigenvalue weighted by Crippen LogP contribution is 2.27. The summed E-state index contributed by atoms with van der Waals surface area (Å²) in [5.74, 6) is -1.38. The lowest BCUT2D eigenvalue weighted by Crippen LogP contribution is -2.46. The minimum absolute atomic E-state index is 0.0611. The Morgan fingerprint density at radius 3 is 2.61 bits per heavy atom. The summed E-state index contributed by atoms with van der Waals surface area (Å²) in [4.78, 5) is 26.4. The van der Waals surface area contributed by atoms with Crippen LogP contribution in [-0.2, 0) is 11.2 Å². The van der Waals surface area contributed by atoms with Gasteiger partial charge in [-0.25, -0.2) is 4.39 Å². The SMILES string of the molecule is C[C@@H](NC(=O)c1ccccc1F)C(=O)N1CCc2ccccc21. The van der Waals surface area contributed by atoms with Crippen LogP contribution in [0.3, 0.4) is 0 Å². The van der Waals surface area contributed by atoms with Crippen LogP contribution in [0, 0.1) is 5.82 Å². The molecule has 23 heavy (non-hydrogen) atoms. The van der Waals surface area contributed by atoms with Gasteiger partial charge in [0.25, 0.3) is 5.91 Å². The van der Waals surface area contributed by atoms with Crippen LogP contribution in [0.4, 0.5) is 10.1 Å². The third-order valence-electron chi connectivity index (χ3n) is 3.99. The van der Waals surface area contributed by atoms with Crippen molar-refractivity contribution in [3.05, 3.63) is 65.5 Å². The summed E-state index contributed by atoms with van der Waals surface area (Å²) in [7, 11) is 0. The highest BCUT2D eigenvalue weighted by molar-refractivity contribution is 6.03. The Labute approximate surface area is 133 Å². The molecule has 1 atom stereocenters. The Morgan fingerprint density at radius 1 is 1.13 bits per heavy atom. The molecule has 2 aromatic rings. The van der Waals surface area contributed by atoms with E-state index in [1.165, 1.54) is 18.2 Å². The number of carbonyl (C=O) groups excluding carboxylic acids is 2.